The van der Waals surface area contributed by atoms with Crippen molar-refractivity contribution in [1.82, 2.24) is 0 Å². The van der Waals surface area contributed by atoms with Crippen LogP contribution in [0.25, 0.3) is 0 Å². The number of non-ortho nitro benzene ring substituents is 1. The SMILES string of the molecule is CC.O=[N+]([O-])c1cccc(C=NO)c1. The Morgan fingerprint density at radius 2 is 2.14 bits per heavy atom. The Labute approximate surface area is 81.8 Å². The van der Waals surface area contributed by atoms with Gasteiger partial charge in [0.2, 0.25) is 0 Å². The van der Waals surface area contributed by atoms with E-state index in [0.29, 0.717) is 5.56 Å². The highest BCUT2D eigenvalue weighted by Crippen LogP contribution is 2.11. The number of rotatable bonds is 2. The van der Waals surface area contributed by atoms with E-state index in [9.17, 15) is 10.1 Å². The summed E-state index contributed by atoms with van der Waals surface area (Å²) in [5.41, 5.74) is 0.471. The molecule has 0 fully saturated rings. The van der Waals surface area contributed by atoms with Gasteiger partial charge in [-0.3, -0.25) is 10.1 Å². The maximum Gasteiger partial charge on any atom is 0.270 e. The molecule has 0 unspecified atom stereocenters. The molecular weight excluding hydrogens is 184 g/mol. The van der Waals surface area contributed by atoms with Crippen molar-refractivity contribution in [1.29, 1.82) is 0 Å². The Hall–Kier alpha value is -1.91. The minimum atomic E-state index is -0.505. The van der Waals surface area contributed by atoms with Crippen molar-refractivity contribution >= 4 is 11.9 Å². The summed E-state index contributed by atoms with van der Waals surface area (Å²) in [5.74, 6) is 0. The van der Waals surface area contributed by atoms with E-state index >= 15 is 0 Å². The van der Waals surface area contributed by atoms with Crippen LogP contribution in [0, 0.1) is 10.1 Å². The molecule has 0 spiro atoms. The third kappa shape index (κ3) is 3.66. The summed E-state index contributed by atoms with van der Waals surface area (Å²) in [5, 5.41) is 21.2. The first-order valence-electron chi connectivity index (χ1n) is 4.16. The van der Waals surface area contributed by atoms with Gasteiger partial charge in [0.25, 0.3) is 5.69 Å². The molecule has 0 bridgehead atoms. The van der Waals surface area contributed by atoms with Gasteiger partial charge in [0, 0.05) is 17.7 Å². The molecule has 0 heterocycles. The molecule has 0 saturated carbocycles. The topological polar surface area (TPSA) is 75.7 Å². The van der Waals surface area contributed by atoms with E-state index in [1.54, 1.807) is 6.07 Å². The second kappa shape index (κ2) is 6.59. The van der Waals surface area contributed by atoms with Gasteiger partial charge in [-0.15, -0.1) is 0 Å². The molecule has 0 aliphatic carbocycles. The smallest absolute Gasteiger partial charge is 0.270 e. The molecule has 1 N–H and O–H groups in total. The summed E-state index contributed by atoms with van der Waals surface area (Å²) in [6.07, 6.45) is 1.13. The monoisotopic (exact) mass is 196 g/mol. The highest BCUT2D eigenvalue weighted by atomic mass is 16.6. The fourth-order valence-electron chi connectivity index (χ4n) is 0.785. The molecule has 0 atom stereocenters. The van der Waals surface area contributed by atoms with Gasteiger partial charge in [-0.1, -0.05) is 31.1 Å². The summed E-state index contributed by atoms with van der Waals surface area (Å²) in [4.78, 5) is 9.75. The zero-order valence-corrected chi connectivity index (χ0v) is 8.04. The van der Waals surface area contributed by atoms with Crippen molar-refractivity contribution in [3.05, 3.63) is 39.9 Å². The minimum absolute atomic E-state index is 0.0209. The van der Waals surface area contributed by atoms with Crippen LogP contribution < -0.4 is 0 Å². The van der Waals surface area contributed by atoms with Gasteiger partial charge in [0.1, 0.15) is 0 Å². The van der Waals surface area contributed by atoms with Crippen LogP contribution in [-0.2, 0) is 0 Å². The number of nitro benzene ring substituents is 1. The lowest BCUT2D eigenvalue weighted by atomic mass is 10.2. The maximum absolute atomic E-state index is 10.3. The van der Waals surface area contributed by atoms with Crippen LogP contribution in [-0.4, -0.2) is 16.3 Å². The standard InChI is InChI=1S/C7H6N2O3.C2H6/c10-8-5-6-2-1-3-7(4-6)9(11)12;1-2/h1-5,10H;1-2H3. The van der Waals surface area contributed by atoms with Crippen LogP contribution >= 0.6 is 0 Å². The third-order valence-corrected chi connectivity index (χ3v) is 1.29. The first-order chi connectivity index (χ1) is 6.74. The normalized spacial score (nSPS) is 9.29. The Balaban J connectivity index is 0.000000791. The first kappa shape index (κ1) is 12.1. The lowest BCUT2D eigenvalue weighted by Crippen LogP contribution is -1.89. The van der Waals surface area contributed by atoms with Crippen molar-refractivity contribution in [3.63, 3.8) is 0 Å². The molecule has 76 valence electrons. The fourth-order valence-corrected chi connectivity index (χ4v) is 0.785. The van der Waals surface area contributed by atoms with E-state index in [-0.39, 0.29) is 5.69 Å². The molecule has 0 radical (unpaired) electrons. The lowest BCUT2D eigenvalue weighted by Gasteiger charge is -1.91. The Morgan fingerprint density at radius 1 is 1.50 bits per heavy atom. The van der Waals surface area contributed by atoms with Crippen molar-refractivity contribution in [3.8, 4) is 0 Å². The lowest BCUT2D eigenvalue weighted by molar-refractivity contribution is -0.384. The quantitative estimate of drug-likeness (QED) is 0.341. The van der Waals surface area contributed by atoms with E-state index in [0.717, 1.165) is 6.21 Å². The summed E-state index contributed by atoms with van der Waals surface area (Å²) in [6, 6.07) is 5.82. The average Bonchev–Trinajstić information content (AvgIpc) is 2.22. The number of benzene rings is 1. The van der Waals surface area contributed by atoms with Crippen LogP contribution in [0.4, 0.5) is 5.69 Å². The van der Waals surface area contributed by atoms with Crippen LogP contribution in [0.2, 0.25) is 0 Å². The summed E-state index contributed by atoms with van der Waals surface area (Å²) < 4.78 is 0. The first-order valence-corrected chi connectivity index (χ1v) is 4.16. The largest absolute Gasteiger partial charge is 0.411 e. The van der Waals surface area contributed by atoms with Gasteiger partial charge < -0.3 is 5.21 Å². The number of hydrogen-bond acceptors (Lipinski definition) is 4. The number of nitro groups is 1. The van der Waals surface area contributed by atoms with Crippen LogP contribution in [0.3, 0.4) is 0 Å². The van der Waals surface area contributed by atoms with Gasteiger partial charge in [-0.05, 0) is 0 Å². The van der Waals surface area contributed by atoms with E-state index < -0.39 is 4.92 Å². The predicted molar refractivity (Wildman–Crippen MR) is 53.8 cm³/mol. The Bertz CT molecular complexity index is 324. The zero-order chi connectivity index (χ0) is 11.0. The second-order valence-electron chi connectivity index (χ2n) is 2.10. The van der Waals surface area contributed by atoms with Crippen LogP contribution in [0.5, 0.6) is 0 Å². The molecule has 0 amide bonds. The number of hydrogen-bond donors (Lipinski definition) is 1. The molecular formula is C9H12N2O3. The summed E-state index contributed by atoms with van der Waals surface area (Å²) in [7, 11) is 0. The Kier molecular flexibility index (Phi) is 5.69. The predicted octanol–water partition coefficient (Wildman–Crippen LogP) is 2.43. The molecule has 5 heteroatoms. The highest BCUT2D eigenvalue weighted by molar-refractivity contribution is 5.80. The van der Waals surface area contributed by atoms with Gasteiger partial charge in [0.05, 0.1) is 11.1 Å². The minimum Gasteiger partial charge on any atom is -0.411 e. The highest BCUT2D eigenvalue weighted by Gasteiger charge is 2.03. The van der Waals surface area contributed by atoms with Crippen molar-refractivity contribution < 1.29 is 10.1 Å². The molecule has 1 rings (SSSR count). The van der Waals surface area contributed by atoms with Gasteiger partial charge in [-0.25, -0.2) is 0 Å². The van der Waals surface area contributed by atoms with Crippen molar-refractivity contribution in [2.45, 2.75) is 13.8 Å². The Morgan fingerprint density at radius 3 is 2.64 bits per heavy atom. The van der Waals surface area contributed by atoms with Crippen LogP contribution in [0.15, 0.2) is 29.4 Å². The van der Waals surface area contributed by atoms with Crippen LogP contribution in [0.1, 0.15) is 19.4 Å². The van der Waals surface area contributed by atoms with Crippen molar-refractivity contribution in [2.24, 2.45) is 5.16 Å². The molecule has 5 nitrogen and oxygen atoms in total. The fraction of sp³-hybridized carbons (Fsp3) is 0.222. The second-order valence-corrected chi connectivity index (χ2v) is 2.10. The summed E-state index contributed by atoms with van der Waals surface area (Å²) in [6.45, 7) is 4.00. The van der Waals surface area contributed by atoms with Gasteiger partial charge in [0.15, 0.2) is 0 Å². The van der Waals surface area contributed by atoms with Crippen molar-refractivity contribution in [2.75, 3.05) is 0 Å². The van der Waals surface area contributed by atoms with E-state index in [1.807, 2.05) is 13.8 Å². The van der Waals surface area contributed by atoms with E-state index in [1.165, 1.54) is 18.2 Å². The maximum atomic E-state index is 10.3. The molecule has 1 aromatic carbocycles. The number of oxime groups is 1. The van der Waals surface area contributed by atoms with E-state index in [2.05, 4.69) is 5.16 Å². The molecule has 0 aliphatic heterocycles. The summed E-state index contributed by atoms with van der Waals surface area (Å²) >= 11 is 0. The number of nitrogens with zero attached hydrogens (tertiary/aromatic N) is 2. The molecule has 0 aliphatic rings. The third-order valence-electron chi connectivity index (χ3n) is 1.29. The molecule has 0 saturated heterocycles. The molecule has 1 aromatic rings. The van der Waals surface area contributed by atoms with Gasteiger partial charge >= 0.3 is 0 Å². The van der Waals surface area contributed by atoms with E-state index in [4.69, 9.17) is 5.21 Å². The molecule has 14 heavy (non-hydrogen) atoms. The average molecular weight is 196 g/mol. The zero-order valence-electron chi connectivity index (χ0n) is 8.04. The van der Waals surface area contributed by atoms with Gasteiger partial charge in [-0.2, -0.15) is 0 Å². The molecule has 0 aromatic heterocycles.